The molecule has 9 nitrogen and oxygen atoms in total. The van der Waals surface area contributed by atoms with Crippen LogP contribution in [0.2, 0.25) is 0 Å². The number of nitrogens with zero attached hydrogens (tertiary/aromatic N) is 5. The van der Waals surface area contributed by atoms with Crippen LogP contribution in [0.1, 0.15) is 103 Å². The third-order valence-electron chi connectivity index (χ3n) is 13.7. The number of pyridine rings is 1. The summed E-state index contributed by atoms with van der Waals surface area (Å²) in [6.07, 6.45) is 22.2. The van der Waals surface area contributed by atoms with E-state index in [9.17, 15) is 4.39 Å². The molecule has 0 spiro atoms. The second-order valence-electron chi connectivity index (χ2n) is 17.9. The SMILES string of the molecule is C#Cc1c(F)ccc2cccc(-c3ncc4c(N5CC6CCC(C5)N6)nc(OCC56CCC(COC7CCC(OC(CCC)CCC)CC7)N5CC(=C)C6)nc4c3F)c12. The van der Waals surface area contributed by atoms with Gasteiger partial charge in [0.1, 0.15) is 29.5 Å². The molecule has 11 heteroatoms. The van der Waals surface area contributed by atoms with Crippen LogP contribution in [0.15, 0.2) is 48.7 Å². The van der Waals surface area contributed by atoms with Gasteiger partial charge in [0.05, 0.1) is 41.4 Å². The summed E-state index contributed by atoms with van der Waals surface area (Å²) < 4.78 is 51.9. The Bertz CT molecular complexity index is 2220. The Kier molecular flexibility index (Phi) is 11.6. The standard InChI is InChI=1S/C48H58F2N6O3/c1-5-9-36(10-6-2)59-37-18-16-35(17-19-37)57-28-34-21-22-48(23-30(4)25-56(34)48)29-58-47-53-45-40(46(54-47)55-26-32-14-15-33(27-55)52-32)24-51-44(43(45)50)39-12-8-11-31-13-20-41(49)38(7-3)42(31)39/h3,8,11-13,20,24,32-37,52H,4-6,9-10,14-19,21-23,25-29H2,1-2H3. The predicted molar refractivity (Wildman–Crippen MR) is 229 cm³/mol. The minimum Gasteiger partial charge on any atom is -0.461 e. The maximum Gasteiger partial charge on any atom is 0.319 e. The first-order valence-electron chi connectivity index (χ1n) is 22.1. The van der Waals surface area contributed by atoms with Gasteiger partial charge in [0, 0.05) is 54.9 Å². The molecule has 1 saturated carbocycles. The van der Waals surface area contributed by atoms with Crippen LogP contribution in [-0.2, 0) is 9.47 Å². The van der Waals surface area contributed by atoms with Crippen molar-refractivity contribution in [3.8, 4) is 29.6 Å². The van der Waals surface area contributed by atoms with Crippen molar-refractivity contribution in [2.75, 3.05) is 37.7 Å². The lowest BCUT2D eigenvalue weighted by molar-refractivity contribution is -0.0735. The number of hydrogen-bond donors (Lipinski definition) is 1. The van der Waals surface area contributed by atoms with Crippen LogP contribution < -0.4 is 15.0 Å². The Morgan fingerprint density at radius 2 is 1.75 bits per heavy atom. The monoisotopic (exact) mass is 804 g/mol. The molecule has 2 aromatic carbocycles. The molecule has 312 valence electrons. The van der Waals surface area contributed by atoms with Gasteiger partial charge < -0.3 is 24.4 Å². The summed E-state index contributed by atoms with van der Waals surface area (Å²) in [5, 5.41) is 5.34. The number of ether oxygens (including phenoxy) is 3. The van der Waals surface area contributed by atoms with Crippen LogP contribution in [0.4, 0.5) is 14.6 Å². The Morgan fingerprint density at radius 1 is 0.983 bits per heavy atom. The van der Waals surface area contributed by atoms with E-state index < -0.39 is 11.6 Å². The van der Waals surface area contributed by atoms with Gasteiger partial charge in [-0.3, -0.25) is 9.88 Å². The zero-order valence-corrected chi connectivity index (χ0v) is 34.7. The zero-order chi connectivity index (χ0) is 40.7. The third-order valence-corrected chi connectivity index (χ3v) is 13.7. The smallest absolute Gasteiger partial charge is 0.319 e. The second-order valence-corrected chi connectivity index (χ2v) is 17.9. The number of benzene rings is 2. The quantitative estimate of drug-likeness (QED) is 0.0993. The number of nitrogens with one attached hydrogen (secondary N) is 1. The lowest BCUT2D eigenvalue weighted by Crippen LogP contribution is -2.51. The molecule has 6 heterocycles. The highest BCUT2D eigenvalue weighted by Crippen LogP contribution is 2.45. The predicted octanol–water partition coefficient (Wildman–Crippen LogP) is 8.90. The molecule has 4 aliphatic heterocycles. The van der Waals surface area contributed by atoms with Crippen LogP contribution in [0.25, 0.3) is 32.9 Å². The Hall–Kier alpha value is -4.21. The highest BCUT2D eigenvalue weighted by Gasteiger charge is 2.51. The van der Waals surface area contributed by atoms with Crippen LogP contribution in [0.3, 0.4) is 0 Å². The van der Waals surface area contributed by atoms with Crippen molar-refractivity contribution in [1.29, 1.82) is 0 Å². The Labute approximate surface area is 347 Å². The van der Waals surface area contributed by atoms with E-state index in [-0.39, 0.29) is 40.5 Å². The van der Waals surface area contributed by atoms with Crippen molar-refractivity contribution < 1.29 is 23.0 Å². The molecule has 5 aliphatic rings. The molecule has 4 saturated heterocycles. The average molecular weight is 805 g/mol. The first-order valence-corrected chi connectivity index (χ1v) is 22.1. The van der Waals surface area contributed by atoms with Gasteiger partial charge in [0.15, 0.2) is 5.82 Å². The largest absolute Gasteiger partial charge is 0.461 e. The molecule has 1 aliphatic carbocycles. The fourth-order valence-corrected chi connectivity index (χ4v) is 10.9. The summed E-state index contributed by atoms with van der Waals surface area (Å²) in [6, 6.07) is 9.41. The summed E-state index contributed by atoms with van der Waals surface area (Å²) in [5.41, 5.74) is 1.56. The summed E-state index contributed by atoms with van der Waals surface area (Å²) >= 11 is 0. The van der Waals surface area contributed by atoms with Gasteiger partial charge >= 0.3 is 6.01 Å². The van der Waals surface area contributed by atoms with E-state index in [0.29, 0.717) is 65.0 Å². The number of hydrogen-bond acceptors (Lipinski definition) is 9. The number of piperazine rings is 1. The number of terminal acetylenes is 1. The fourth-order valence-electron chi connectivity index (χ4n) is 10.9. The first kappa shape index (κ1) is 40.2. The van der Waals surface area contributed by atoms with Crippen LogP contribution in [0, 0.1) is 24.0 Å². The van der Waals surface area contributed by atoms with Crippen LogP contribution in [0.5, 0.6) is 6.01 Å². The van der Waals surface area contributed by atoms with Crippen molar-refractivity contribution in [3.63, 3.8) is 0 Å². The highest BCUT2D eigenvalue weighted by molar-refractivity contribution is 6.02. The summed E-state index contributed by atoms with van der Waals surface area (Å²) in [4.78, 5) is 19.2. The number of fused-ring (bicyclic) bond motifs is 5. The van der Waals surface area contributed by atoms with E-state index in [0.717, 1.165) is 103 Å². The van der Waals surface area contributed by atoms with Crippen LogP contribution in [-0.4, -0.2) is 94.7 Å². The Morgan fingerprint density at radius 3 is 2.49 bits per heavy atom. The summed E-state index contributed by atoms with van der Waals surface area (Å²) in [5.74, 6) is 1.93. The van der Waals surface area contributed by atoms with Crippen molar-refractivity contribution in [2.45, 2.75) is 139 Å². The molecular formula is C48H58F2N6O3. The molecule has 4 atom stereocenters. The van der Waals surface area contributed by atoms with Gasteiger partial charge in [0.25, 0.3) is 0 Å². The van der Waals surface area contributed by atoms with Crippen molar-refractivity contribution in [2.24, 2.45) is 0 Å². The summed E-state index contributed by atoms with van der Waals surface area (Å²) in [7, 11) is 0. The molecular weight excluding hydrogens is 747 g/mol. The van der Waals surface area contributed by atoms with E-state index in [1.54, 1.807) is 24.4 Å². The van der Waals surface area contributed by atoms with Gasteiger partial charge in [-0.1, -0.05) is 69.0 Å². The van der Waals surface area contributed by atoms with E-state index >= 15 is 4.39 Å². The van der Waals surface area contributed by atoms with Crippen molar-refractivity contribution >= 4 is 27.5 Å². The van der Waals surface area contributed by atoms with E-state index in [4.69, 9.17) is 30.6 Å². The minimum absolute atomic E-state index is 0.0508. The van der Waals surface area contributed by atoms with Gasteiger partial charge in [-0.2, -0.15) is 9.97 Å². The first-order chi connectivity index (χ1) is 28.7. The van der Waals surface area contributed by atoms with Crippen molar-refractivity contribution in [1.82, 2.24) is 25.2 Å². The van der Waals surface area contributed by atoms with Gasteiger partial charge in [-0.05, 0) is 82.1 Å². The maximum absolute atomic E-state index is 17.1. The zero-order valence-electron chi connectivity index (χ0n) is 34.7. The maximum atomic E-state index is 17.1. The number of anilines is 1. The van der Waals surface area contributed by atoms with Gasteiger partial charge in [-0.25, -0.2) is 8.78 Å². The molecule has 0 radical (unpaired) electrons. The average Bonchev–Trinajstić information content (AvgIpc) is 3.88. The molecule has 2 aromatic heterocycles. The molecule has 1 N–H and O–H groups in total. The normalized spacial score (nSPS) is 26.9. The van der Waals surface area contributed by atoms with E-state index in [1.807, 2.05) is 6.07 Å². The molecule has 59 heavy (non-hydrogen) atoms. The number of halogens is 2. The fraction of sp³-hybridized carbons (Fsp3) is 0.562. The molecule has 9 rings (SSSR count). The topological polar surface area (TPSA) is 84.9 Å². The third kappa shape index (κ3) is 7.94. The van der Waals surface area contributed by atoms with E-state index in [1.165, 1.54) is 11.6 Å². The highest BCUT2D eigenvalue weighted by atomic mass is 19.1. The van der Waals surface area contributed by atoms with Gasteiger partial charge in [-0.15, -0.1) is 6.42 Å². The molecule has 4 unspecified atom stereocenters. The van der Waals surface area contributed by atoms with E-state index in [2.05, 4.69) is 46.4 Å². The molecule has 5 fully saturated rings. The van der Waals surface area contributed by atoms with Gasteiger partial charge in [0.2, 0.25) is 0 Å². The number of aromatic nitrogens is 3. The minimum atomic E-state index is -0.622. The second kappa shape index (κ2) is 17.0. The van der Waals surface area contributed by atoms with Crippen molar-refractivity contribution in [3.05, 3.63) is 65.9 Å². The lowest BCUT2D eigenvalue weighted by Gasteiger charge is -2.36. The Balaban J connectivity index is 0.955. The molecule has 2 bridgehead atoms. The molecule has 4 aromatic rings. The summed E-state index contributed by atoms with van der Waals surface area (Å²) in [6.45, 7) is 12.2. The lowest BCUT2D eigenvalue weighted by atomic mass is 9.93. The molecule has 0 amide bonds. The van der Waals surface area contributed by atoms with Crippen LogP contribution >= 0.6 is 0 Å². The number of rotatable bonds is 14.